The van der Waals surface area contributed by atoms with E-state index in [9.17, 15) is 17.6 Å². The zero-order chi connectivity index (χ0) is 14.5. The van der Waals surface area contributed by atoms with Gasteiger partial charge in [0.2, 0.25) is 0 Å². The van der Waals surface area contributed by atoms with Gasteiger partial charge in [0, 0.05) is 17.2 Å². The number of methoxy groups -OCH3 is 1. The van der Waals surface area contributed by atoms with Crippen LogP contribution in [0.1, 0.15) is 16.8 Å². The van der Waals surface area contributed by atoms with Crippen molar-refractivity contribution < 1.29 is 22.3 Å². The van der Waals surface area contributed by atoms with Crippen LogP contribution in [0.5, 0.6) is 5.75 Å². The van der Waals surface area contributed by atoms with E-state index in [0.717, 1.165) is 6.07 Å². The van der Waals surface area contributed by atoms with Crippen LogP contribution in [-0.2, 0) is 9.05 Å². The molecule has 1 aromatic rings. The maximum absolute atomic E-state index is 11.9. The molecule has 1 rings (SSSR count). The fraction of sp³-hybridized carbons (Fsp3) is 0.364. The number of hydrogen-bond donors (Lipinski definition) is 1. The van der Waals surface area contributed by atoms with E-state index in [2.05, 4.69) is 5.32 Å². The van der Waals surface area contributed by atoms with Crippen molar-refractivity contribution in [1.29, 1.82) is 0 Å². The van der Waals surface area contributed by atoms with E-state index in [-0.39, 0.29) is 29.2 Å². The molecule has 1 amide bonds. The highest BCUT2D eigenvalue weighted by Crippen LogP contribution is 2.24. The minimum atomic E-state index is -3.93. The van der Waals surface area contributed by atoms with Crippen molar-refractivity contribution in [3.63, 3.8) is 0 Å². The molecule has 8 heteroatoms. The van der Waals surface area contributed by atoms with E-state index in [4.69, 9.17) is 15.4 Å². The van der Waals surface area contributed by atoms with Gasteiger partial charge in [-0.15, -0.1) is 0 Å². The van der Waals surface area contributed by atoms with E-state index < -0.39 is 21.6 Å². The van der Waals surface area contributed by atoms with Gasteiger partial charge in [-0.2, -0.15) is 0 Å². The summed E-state index contributed by atoms with van der Waals surface area (Å²) in [5.41, 5.74) is 0.0306. The lowest BCUT2D eigenvalue weighted by atomic mass is 10.2. The molecule has 0 saturated heterocycles. The predicted molar refractivity (Wildman–Crippen MR) is 69.0 cm³/mol. The van der Waals surface area contributed by atoms with Gasteiger partial charge in [-0.05, 0) is 24.6 Å². The molecular formula is C11H13ClFNO4S. The van der Waals surface area contributed by atoms with E-state index in [0.29, 0.717) is 0 Å². The van der Waals surface area contributed by atoms with Crippen molar-refractivity contribution in [3.05, 3.63) is 23.8 Å². The van der Waals surface area contributed by atoms with Crippen LogP contribution < -0.4 is 10.1 Å². The van der Waals surface area contributed by atoms with Crippen molar-refractivity contribution in [1.82, 2.24) is 5.32 Å². The lowest BCUT2D eigenvalue weighted by Gasteiger charge is -2.10. The average molecular weight is 310 g/mol. The Balaban J connectivity index is 3.06. The highest BCUT2D eigenvalue weighted by Gasteiger charge is 2.17. The number of hydrogen-bond acceptors (Lipinski definition) is 4. The normalized spacial score (nSPS) is 11.1. The maximum atomic E-state index is 11.9. The number of carbonyl (C=O) groups excluding carboxylic acids is 1. The third-order valence-electron chi connectivity index (χ3n) is 2.29. The van der Waals surface area contributed by atoms with Crippen LogP contribution in [-0.4, -0.2) is 34.7 Å². The van der Waals surface area contributed by atoms with Crippen LogP contribution in [0.15, 0.2) is 23.1 Å². The number of alkyl halides is 1. The molecule has 0 atom stereocenters. The highest BCUT2D eigenvalue weighted by molar-refractivity contribution is 8.13. The first-order valence-corrected chi connectivity index (χ1v) is 7.68. The van der Waals surface area contributed by atoms with Gasteiger partial charge in [-0.1, -0.05) is 0 Å². The van der Waals surface area contributed by atoms with Crippen LogP contribution in [0.25, 0.3) is 0 Å². The van der Waals surface area contributed by atoms with Crippen molar-refractivity contribution in [2.75, 3.05) is 20.3 Å². The minimum Gasteiger partial charge on any atom is -0.496 e. The molecule has 0 aromatic heterocycles. The van der Waals surface area contributed by atoms with Gasteiger partial charge < -0.3 is 10.1 Å². The Morgan fingerprint density at radius 1 is 1.47 bits per heavy atom. The second-order valence-corrected chi connectivity index (χ2v) is 6.16. The third kappa shape index (κ3) is 4.36. The molecule has 1 aromatic carbocycles. The Labute approximate surface area is 115 Å². The van der Waals surface area contributed by atoms with Gasteiger partial charge in [-0.25, -0.2) is 8.42 Å². The van der Waals surface area contributed by atoms with Gasteiger partial charge in [0.05, 0.1) is 24.2 Å². The van der Waals surface area contributed by atoms with Gasteiger partial charge in [-0.3, -0.25) is 9.18 Å². The summed E-state index contributed by atoms with van der Waals surface area (Å²) in [6, 6.07) is 3.69. The number of rotatable bonds is 6. The highest BCUT2D eigenvalue weighted by atomic mass is 35.7. The van der Waals surface area contributed by atoms with Gasteiger partial charge in [0.25, 0.3) is 15.0 Å². The molecule has 0 saturated carbocycles. The Morgan fingerprint density at radius 2 is 2.16 bits per heavy atom. The zero-order valence-corrected chi connectivity index (χ0v) is 11.7. The van der Waals surface area contributed by atoms with E-state index in [1.54, 1.807) is 0 Å². The molecular weight excluding hydrogens is 297 g/mol. The first-order valence-electron chi connectivity index (χ1n) is 5.37. The molecule has 0 fully saturated rings. The number of ether oxygens (including phenoxy) is 1. The Hall–Kier alpha value is -1.34. The Bertz CT molecular complexity index is 562. The summed E-state index contributed by atoms with van der Waals surface area (Å²) in [6.07, 6.45) is 0.182. The summed E-state index contributed by atoms with van der Waals surface area (Å²) in [6.45, 7) is -0.399. The number of halogens is 2. The van der Waals surface area contributed by atoms with Crippen molar-refractivity contribution in [2.45, 2.75) is 11.3 Å². The van der Waals surface area contributed by atoms with Gasteiger partial charge in [0.15, 0.2) is 0 Å². The minimum absolute atomic E-state index is 0.0306. The lowest BCUT2D eigenvalue weighted by molar-refractivity contribution is 0.0949. The van der Waals surface area contributed by atoms with E-state index >= 15 is 0 Å². The molecule has 5 nitrogen and oxygen atoms in total. The smallest absolute Gasteiger partial charge is 0.261 e. The molecule has 106 valence electrons. The summed E-state index contributed by atoms with van der Waals surface area (Å²) < 4.78 is 39.3. The lowest BCUT2D eigenvalue weighted by Crippen LogP contribution is -2.25. The summed E-state index contributed by atoms with van der Waals surface area (Å²) >= 11 is 0. The number of nitrogens with one attached hydrogen (secondary N) is 1. The zero-order valence-electron chi connectivity index (χ0n) is 10.2. The first-order chi connectivity index (χ1) is 8.90. The number of amides is 1. The van der Waals surface area contributed by atoms with Gasteiger partial charge >= 0.3 is 0 Å². The molecule has 0 radical (unpaired) electrons. The SMILES string of the molecule is COc1ccc(S(=O)(=O)Cl)cc1C(=O)NCCCF. The topological polar surface area (TPSA) is 72.5 Å². The summed E-state index contributed by atoms with van der Waals surface area (Å²) in [5, 5.41) is 2.46. The van der Waals surface area contributed by atoms with Crippen LogP contribution >= 0.6 is 10.7 Å². The summed E-state index contributed by atoms with van der Waals surface area (Å²) in [4.78, 5) is 11.6. The Morgan fingerprint density at radius 3 is 2.68 bits per heavy atom. The molecule has 0 aliphatic heterocycles. The summed E-state index contributed by atoms with van der Waals surface area (Å²) in [7, 11) is 2.63. The average Bonchev–Trinajstić information content (AvgIpc) is 2.37. The molecule has 0 spiro atoms. The molecule has 19 heavy (non-hydrogen) atoms. The second kappa shape index (κ2) is 6.72. The van der Waals surface area contributed by atoms with Gasteiger partial charge in [0.1, 0.15) is 5.75 Å². The van der Waals surface area contributed by atoms with E-state index in [1.807, 2.05) is 0 Å². The molecule has 0 bridgehead atoms. The molecule has 0 unspecified atom stereocenters. The van der Waals surface area contributed by atoms with Crippen LogP contribution in [0, 0.1) is 0 Å². The van der Waals surface area contributed by atoms with Crippen LogP contribution in [0.4, 0.5) is 4.39 Å². The quantitative estimate of drug-likeness (QED) is 0.641. The van der Waals surface area contributed by atoms with Crippen molar-refractivity contribution in [3.8, 4) is 5.75 Å². The van der Waals surface area contributed by atoms with Crippen molar-refractivity contribution >= 4 is 25.6 Å². The standard InChI is InChI=1S/C11H13ClFNO4S/c1-18-10-4-3-8(19(12,16)17)7-9(10)11(15)14-6-2-5-13/h3-4,7H,2,5-6H2,1H3,(H,14,15). The number of carbonyl (C=O) groups is 1. The fourth-order valence-corrected chi connectivity index (χ4v) is 2.16. The predicted octanol–water partition coefficient (Wildman–Crippen LogP) is 1.71. The molecule has 0 aliphatic rings. The maximum Gasteiger partial charge on any atom is 0.261 e. The van der Waals surface area contributed by atoms with Crippen molar-refractivity contribution in [2.24, 2.45) is 0 Å². The third-order valence-corrected chi connectivity index (χ3v) is 3.64. The Kier molecular flexibility index (Phi) is 5.56. The van der Waals surface area contributed by atoms with Crippen LogP contribution in [0.3, 0.4) is 0 Å². The summed E-state index contributed by atoms with van der Waals surface area (Å²) in [5.74, 6) is -0.339. The number of benzene rings is 1. The molecule has 1 N–H and O–H groups in total. The largest absolute Gasteiger partial charge is 0.496 e. The fourth-order valence-electron chi connectivity index (χ4n) is 1.38. The molecule has 0 aliphatic carbocycles. The first kappa shape index (κ1) is 15.7. The second-order valence-electron chi connectivity index (χ2n) is 3.60. The monoisotopic (exact) mass is 309 g/mol. The molecule has 0 heterocycles. The van der Waals surface area contributed by atoms with Crippen LogP contribution in [0.2, 0.25) is 0 Å². The van der Waals surface area contributed by atoms with E-state index in [1.165, 1.54) is 19.2 Å².